The van der Waals surface area contributed by atoms with Gasteiger partial charge in [-0.2, -0.15) is 0 Å². The first-order chi connectivity index (χ1) is 11.7. The van der Waals surface area contributed by atoms with Crippen LogP contribution in [0.4, 0.5) is 5.00 Å². The Morgan fingerprint density at radius 3 is 2.88 bits per heavy atom. The molecule has 2 N–H and O–H groups in total. The van der Waals surface area contributed by atoms with Crippen LogP contribution in [0.15, 0.2) is 18.3 Å². The molecule has 0 aliphatic carbocycles. The van der Waals surface area contributed by atoms with Gasteiger partial charge in [-0.25, -0.2) is 0 Å². The van der Waals surface area contributed by atoms with Crippen molar-refractivity contribution >= 4 is 38.7 Å². The molecular weight excluding hydrogens is 324 g/mol. The molecule has 2 bridgehead atoms. The minimum atomic E-state index is -0.110. The van der Waals surface area contributed by atoms with Crippen LogP contribution in [0.3, 0.4) is 0 Å². The van der Waals surface area contributed by atoms with Crippen LogP contribution in [-0.4, -0.2) is 47.4 Å². The Hall–Kier alpha value is -1.99. The normalized spacial score (nSPS) is 28.7. The first-order valence-electron chi connectivity index (χ1n) is 8.30. The number of carbonyl (C=O) groups excluding carboxylic acids is 2. The SMILES string of the molecule is CC1C(NC(=O)c2cc3sc(NC=O)cc3cn2)C2CCN1CC2. The molecule has 2 amide bonds. The molecule has 0 aromatic carbocycles. The van der Waals surface area contributed by atoms with Crippen LogP contribution in [-0.2, 0) is 4.79 Å². The molecule has 3 fully saturated rings. The first-order valence-corrected chi connectivity index (χ1v) is 9.12. The Balaban J connectivity index is 1.53. The zero-order valence-electron chi connectivity index (χ0n) is 13.5. The number of nitrogens with zero attached hydrogens (tertiary/aromatic N) is 2. The fourth-order valence-electron chi connectivity index (χ4n) is 3.96. The molecule has 24 heavy (non-hydrogen) atoms. The molecule has 2 aromatic heterocycles. The van der Waals surface area contributed by atoms with Gasteiger partial charge in [0, 0.05) is 28.4 Å². The maximum Gasteiger partial charge on any atom is 0.270 e. The number of rotatable bonds is 4. The van der Waals surface area contributed by atoms with Gasteiger partial charge in [0.25, 0.3) is 5.91 Å². The zero-order valence-corrected chi connectivity index (χ0v) is 14.3. The van der Waals surface area contributed by atoms with E-state index in [1.165, 1.54) is 11.3 Å². The van der Waals surface area contributed by atoms with Crippen molar-refractivity contribution in [1.29, 1.82) is 0 Å². The molecule has 6 nitrogen and oxygen atoms in total. The number of carbonyl (C=O) groups is 2. The third-order valence-electron chi connectivity index (χ3n) is 5.31. The van der Waals surface area contributed by atoms with Crippen LogP contribution in [0.2, 0.25) is 0 Å². The number of anilines is 1. The molecule has 126 valence electrons. The van der Waals surface area contributed by atoms with Crippen molar-refractivity contribution < 1.29 is 9.59 Å². The van der Waals surface area contributed by atoms with Gasteiger partial charge in [0.05, 0.1) is 5.00 Å². The summed E-state index contributed by atoms with van der Waals surface area (Å²) in [4.78, 5) is 30.0. The number of amides is 2. The Bertz CT molecular complexity index is 780. The van der Waals surface area contributed by atoms with Gasteiger partial charge in [-0.1, -0.05) is 0 Å². The van der Waals surface area contributed by atoms with Gasteiger partial charge in [0.2, 0.25) is 6.41 Å². The van der Waals surface area contributed by atoms with Crippen LogP contribution in [0.1, 0.15) is 30.3 Å². The highest BCUT2D eigenvalue weighted by Crippen LogP contribution is 2.33. The Morgan fingerprint density at radius 1 is 1.38 bits per heavy atom. The second kappa shape index (κ2) is 6.14. The second-order valence-corrected chi connectivity index (χ2v) is 7.68. The van der Waals surface area contributed by atoms with Gasteiger partial charge in [-0.3, -0.25) is 19.5 Å². The lowest BCUT2D eigenvalue weighted by Gasteiger charge is -2.49. The lowest BCUT2D eigenvalue weighted by Crippen LogP contribution is -2.62. The van der Waals surface area contributed by atoms with Crippen molar-refractivity contribution in [2.75, 3.05) is 18.4 Å². The Labute approximate surface area is 144 Å². The lowest BCUT2D eigenvalue weighted by molar-refractivity contribution is -0.105. The van der Waals surface area contributed by atoms with E-state index in [0.717, 1.165) is 41.0 Å². The standard InChI is InChI=1S/C17H20N4O2S/c1-10-16(11-2-4-21(10)5-3-11)20-17(23)13-7-14-12(8-18-13)6-15(24-14)19-9-22/h6-11,16H,2-5H2,1H3,(H,19,22)(H,20,23). The summed E-state index contributed by atoms with van der Waals surface area (Å²) in [6.45, 7) is 4.48. The smallest absolute Gasteiger partial charge is 0.270 e. The van der Waals surface area contributed by atoms with E-state index >= 15 is 0 Å². The van der Waals surface area contributed by atoms with Crippen molar-refractivity contribution in [3.8, 4) is 0 Å². The molecule has 0 saturated carbocycles. The predicted octanol–water partition coefficient (Wildman–Crippen LogP) is 2.08. The maximum absolute atomic E-state index is 12.7. The maximum atomic E-state index is 12.7. The topological polar surface area (TPSA) is 74.3 Å². The molecule has 2 atom stereocenters. The quantitative estimate of drug-likeness (QED) is 0.833. The largest absolute Gasteiger partial charge is 0.346 e. The van der Waals surface area contributed by atoms with Gasteiger partial charge in [0.1, 0.15) is 5.69 Å². The van der Waals surface area contributed by atoms with Crippen molar-refractivity contribution in [3.63, 3.8) is 0 Å². The van der Waals surface area contributed by atoms with E-state index in [4.69, 9.17) is 0 Å². The molecular formula is C17H20N4O2S. The molecule has 7 heteroatoms. The summed E-state index contributed by atoms with van der Waals surface area (Å²) < 4.78 is 0.946. The van der Waals surface area contributed by atoms with Crippen molar-refractivity contribution in [2.24, 2.45) is 5.92 Å². The van der Waals surface area contributed by atoms with Crippen LogP contribution in [0, 0.1) is 5.92 Å². The molecule has 5 rings (SSSR count). The zero-order chi connectivity index (χ0) is 16.7. The summed E-state index contributed by atoms with van der Waals surface area (Å²) in [6, 6.07) is 4.25. The summed E-state index contributed by atoms with van der Waals surface area (Å²) in [5.41, 5.74) is 0.436. The van der Waals surface area contributed by atoms with Crippen molar-refractivity contribution in [1.82, 2.24) is 15.2 Å². The number of pyridine rings is 1. The molecule has 3 aliphatic rings. The summed E-state index contributed by atoms with van der Waals surface area (Å²) in [7, 11) is 0. The number of aromatic nitrogens is 1. The summed E-state index contributed by atoms with van der Waals surface area (Å²) >= 11 is 1.44. The fraction of sp³-hybridized carbons (Fsp3) is 0.471. The fourth-order valence-corrected chi connectivity index (χ4v) is 4.89. The van der Waals surface area contributed by atoms with Crippen LogP contribution in [0.5, 0.6) is 0 Å². The van der Waals surface area contributed by atoms with Crippen LogP contribution in [0.25, 0.3) is 10.1 Å². The monoisotopic (exact) mass is 344 g/mol. The summed E-state index contributed by atoms with van der Waals surface area (Å²) in [5.74, 6) is 0.462. The van der Waals surface area contributed by atoms with E-state index in [1.54, 1.807) is 12.3 Å². The average Bonchev–Trinajstić information content (AvgIpc) is 3.00. The minimum Gasteiger partial charge on any atom is -0.346 e. The van der Waals surface area contributed by atoms with Gasteiger partial charge < -0.3 is 10.6 Å². The molecule has 2 aromatic rings. The van der Waals surface area contributed by atoms with E-state index in [-0.39, 0.29) is 11.9 Å². The van der Waals surface area contributed by atoms with Gasteiger partial charge >= 0.3 is 0 Å². The molecule has 0 radical (unpaired) electrons. The number of fused-ring (bicyclic) bond motifs is 4. The molecule has 2 unspecified atom stereocenters. The Morgan fingerprint density at radius 2 is 2.17 bits per heavy atom. The van der Waals surface area contributed by atoms with Gasteiger partial charge in [-0.15, -0.1) is 11.3 Å². The van der Waals surface area contributed by atoms with E-state index in [9.17, 15) is 9.59 Å². The average molecular weight is 344 g/mol. The van der Waals surface area contributed by atoms with Crippen LogP contribution < -0.4 is 10.6 Å². The molecule has 3 aliphatic heterocycles. The number of hydrogen-bond acceptors (Lipinski definition) is 5. The lowest BCUT2D eigenvalue weighted by atomic mass is 9.79. The first kappa shape index (κ1) is 15.5. The number of nitrogens with one attached hydrogen (secondary N) is 2. The molecule has 5 heterocycles. The third-order valence-corrected chi connectivity index (χ3v) is 6.34. The second-order valence-electron chi connectivity index (χ2n) is 6.59. The highest BCUT2D eigenvalue weighted by molar-refractivity contribution is 7.22. The highest BCUT2D eigenvalue weighted by Gasteiger charge is 2.40. The van der Waals surface area contributed by atoms with E-state index in [0.29, 0.717) is 24.1 Å². The van der Waals surface area contributed by atoms with E-state index in [2.05, 4.69) is 27.4 Å². The van der Waals surface area contributed by atoms with Gasteiger partial charge in [-0.05, 0) is 50.9 Å². The number of hydrogen-bond donors (Lipinski definition) is 2. The third kappa shape index (κ3) is 2.67. The van der Waals surface area contributed by atoms with E-state index < -0.39 is 0 Å². The number of piperidine rings is 3. The summed E-state index contributed by atoms with van der Waals surface area (Å²) in [5, 5.41) is 7.53. The van der Waals surface area contributed by atoms with Crippen molar-refractivity contribution in [3.05, 3.63) is 24.0 Å². The predicted molar refractivity (Wildman–Crippen MR) is 94.3 cm³/mol. The molecule has 3 saturated heterocycles. The Kier molecular flexibility index (Phi) is 3.97. The van der Waals surface area contributed by atoms with Crippen molar-refractivity contribution in [2.45, 2.75) is 31.8 Å². The van der Waals surface area contributed by atoms with Crippen LogP contribution >= 0.6 is 11.3 Å². The highest BCUT2D eigenvalue weighted by atomic mass is 32.1. The minimum absolute atomic E-state index is 0.110. The number of thiophene rings is 1. The molecule has 0 spiro atoms. The van der Waals surface area contributed by atoms with Gasteiger partial charge in [0.15, 0.2) is 0 Å². The van der Waals surface area contributed by atoms with E-state index in [1.807, 2.05) is 6.07 Å². The summed E-state index contributed by atoms with van der Waals surface area (Å²) in [6.07, 6.45) is 4.66.